The standard InChI is InChI=1S/C32H36N6O8.CO2/c1-7-11-24-25(30(39)41-9-3)38-29(45-24)22-17-43-27(37-22)20-13-10-12-19(34-20)26-36-21(16-42-26)28-35-18(8-2)23(44-28)14-15-33-31(40)46-32(4,5)6;2-1-3/h10,12-13,16-17H,7-9,11,14-15H2,1-6H3,(H,33,40);. The van der Waals surface area contributed by atoms with Crippen LogP contribution < -0.4 is 5.32 Å². The summed E-state index contributed by atoms with van der Waals surface area (Å²) in [7, 11) is 0. The summed E-state index contributed by atoms with van der Waals surface area (Å²) in [5.74, 6) is 1.41. The predicted molar refractivity (Wildman–Crippen MR) is 169 cm³/mol. The Morgan fingerprint density at radius 2 is 1.39 bits per heavy atom. The highest BCUT2D eigenvalue weighted by molar-refractivity contribution is 5.89. The van der Waals surface area contributed by atoms with Gasteiger partial charge in [-0.05, 0) is 52.7 Å². The number of ether oxygens (including phenoxy) is 2. The molecule has 1 N–H and O–H groups in total. The van der Waals surface area contributed by atoms with Crippen LogP contribution in [-0.2, 0) is 38.3 Å². The van der Waals surface area contributed by atoms with Crippen molar-refractivity contribution in [3.8, 4) is 46.3 Å². The highest BCUT2D eigenvalue weighted by Crippen LogP contribution is 2.29. The molecule has 16 heteroatoms. The SMILES string of the molecule is CCCc1oc(-c2coc(-c3cccc(-c4nc(-c5nc(CC)c(CCNC(=O)OC(C)(C)C)o5)co4)n3)n2)nc1C(=O)OCC.O=C=O. The fourth-order valence-electron chi connectivity index (χ4n) is 4.43. The third-order valence-corrected chi connectivity index (χ3v) is 6.41. The van der Waals surface area contributed by atoms with Crippen LogP contribution in [0, 0.1) is 0 Å². The molecule has 5 aromatic rings. The average molecular weight is 677 g/mol. The van der Waals surface area contributed by atoms with Crippen LogP contribution in [0.15, 0.2) is 48.4 Å². The van der Waals surface area contributed by atoms with E-state index in [1.54, 1.807) is 45.9 Å². The molecule has 0 spiro atoms. The van der Waals surface area contributed by atoms with Crippen LogP contribution in [0.3, 0.4) is 0 Å². The third-order valence-electron chi connectivity index (χ3n) is 6.41. The number of hydrogen-bond donors (Lipinski definition) is 1. The molecule has 0 bridgehead atoms. The minimum atomic E-state index is -0.582. The lowest BCUT2D eigenvalue weighted by atomic mass is 10.2. The molecule has 0 aliphatic heterocycles. The van der Waals surface area contributed by atoms with Crippen molar-refractivity contribution in [3.05, 3.63) is 53.6 Å². The van der Waals surface area contributed by atoms with Gasteiger partial charge >= 0.3 is 18.2 Å². The van der Waals surface area contributed by atoms with E-state index in [-0.39, 0.29) is 36.1 Å². The van der Waals surface area contributed by atoms with Crippen LogP contribution in [0.2, 0.25) is 0 Å². The average Bonchev–Trinajstić information content (AvgIpc) is 3.87. The highest BCUT2D eigenvalue weighted by Gasteiger charge is 2.24. The number of carbonyl (C=O) groups excluding carboxylic acids is 4. The monoisotopic (exact) mass is 676 g/mol. The maximum atomic E-state index is 12.4. The zero-order chi connectivity index (χ0) is 35.6. The fraction of sp³-hybridized carbons (Fsp3) is 0.394. The van der Waals surface area contributed by atoms with Crippen molar-refractivity contribution in [2.45, 2.75) is 72.8 Å². The van der Waals surface area contributed by atoms with E-state index in [9.17, 15) is 9.59 Å². The van der Waals surface area contributed by atoms with Crippen LogP contribution in [-0.4, -0.2) is 61.9 Å². The second-order valence-electron chi connectivity index (χ2n) is 11.2. The summed E-state index contributed by atoms with van der Waals surface area (Å²) in [4.78, 5) is 63.1. The molecule has 0 saturated heterocycles. The summed E-state index contributed by atoms with van der Waals surface area (Å²) in [6.07, 6.45) is 4.93. The Hall–Kier alpha value is -5.89. The maximum absolute atomic E-state index is 12.4. The lowest BCUT2D eigenvalue weighted by Gasteiger charge is -2.19. The van der Waals surface area contributed by atoms with E-state index < -0.39 is 17.7 Å². The molecule has 49 heavy (non-hydrogen) atoms. The van der Waals surface area contributed by atoms with Gasteiger partial charge in [-0.15, -0.1) is 0 Å². The Labute approximate surface area is 280 Å². The first-order valence-electron chi connectivity index (χ1n) is 15.5. The van der Waals surface area contributed by atoms with Gasteiger partial charge in [0.05, 0.1) is 12.3 Å². The number of oxazole rings is 4. The topological polar surface area (TPSA) is 216 Å². The van der Waals surface area contributed by atoms with Crippen molar-refractivity contribution in [3.63, 3.8) is 0 Å². The molecule has 258 valence electrons. The van der Waals surface area contributed by atoms with E-state index in [0.29, 0.717) is 66.0 Å². The number of aryl methyl sites for hydroxylation is 2. The molecule has 1 amide bonds. The van der Waals surface area contributed by atoms with Crippen molar-refractivity contribution in [2.24, 2.45) is 0 Å². The Morgan fingerprint density at radius 1 is 0.796 bits per heavy atom. The van der Waals surface area contributed by atoms with Gasteiger partial charge in [-0.1, -0.05) is 19.9 Å². The number of hydrogen-bond acceptors (Lipinski definition) is 15. The normalized spacial score (nSPS) is 11.0. The van der Waals surface area contributed by atoms with Gasteiger partial charge in [0.25, 0.3) is 0 Å². The molecule has 0 atom stereocenters. The third kappa shape index (κ3) is 9.35. The van der Waals surface area contributed by atoms with Crippen LogP contribution in [0.5, 0.6) is 0 Å². The molecular weight excluding hydrogens is 640 g/mol. The molecule has 0 aliphatic carbocycles. The van der Waals surface area contributed by atoms with Crippen molar-refractivity contribution in [1.29, 1.82) is 0 Å². The fourth-order valence-corrected chi connectivity index (χ4v) is 4.43. The number of pyridine rings is 1. The van der Waals surface area contributed by atoms with Crippen molar-refractivity contribution in [2.75, 3.05) is 13.2 Å². The van der Waals surface area contributed by atoms with Crippen molar-refractivity contribution >= 4 is 18.2 Å². The van der Waals surface area contributed by atoms with Gasteiger partial charge < -0.3 is 32.5 Å². The molecular formula is C33H36N6O10. The van der Waals surface area contributed by atoms with E-state index in [1.807, 2.05) is 13.8 Å². The Morgan fingerprint density at radius 3 is 1.94 bits per heavy atom. The lowest BCUT2D eigenvalue weighted by molar-refractivity contribution is -0.191. The first-order valence-corrected chi connectivity index (χ1v) is 15.5. The second-order valence-corrected chi connectivity index (χ2v) is 11.2. The smallest absolute Gasteiger partial charge is 0.407 e. The zero-order valence-corrected chi connectivity index (χ0v) is 27.9. The van der Waals surface area contributed by atoms with Gasteiger partial charge in [0.1, 0.15) is 41.0 Å². The lowest BCUT2D eigenvalue weighted by Crippen LogP contribution is -2.33. The second kappa shape index (κ2) is 16.3. The summed E-state index contributed by atoms with van der Waals surface area (Å²) in [6.45, 7) is 11.6. The van der Waals surface area contributed by atoms with Gasteiger partial charge in [0.15, 0.2) is 17.1 Å². The number of carbonyl (C=O) groups is 2. The van der Waals surface area contributed by atoms with E-state index in [0.717, 1.165) is 12.1 Å². The number of rotatable bonds is 12. The Bertz CT molecular complexity index is 1910. The zero-order valence-electron chi connectivity index (χ0n) is 27.9. The summed E-state index contributed by atoms with van der Waals surface area (Å²) < 4.78 is 33.7. The largest absolute Gasteiger partial charge is 0.461 e. The molecule has 0 aliphatic rings. The minimum Gasteiger partial charge on any atom is -0.461 e. The maximum Gasteiger partial charge on any atom is 0.407 e. The first-order chi connectivity index (χ1) is 23.5. The minimum absolute atomic E-state index is 0.129. The molecule has 5 rings (SSSR count). The molecule has 0 aromatic carbocycles. The van der Waals surface area contributed by atoms with Crippen LogP contribution >= 0.6 is 0 Å². The molecule has 5 aromatic heterocycles. The summed E-state index contributed by atoms with van der Waals surface area (Å²) in [5.41, 5.74) is 1.85. The number of amides is 1. The Balaban J connectivity index is 0.00000174. The number of nitrogens with zero attached hydrogens (tertiary/aromatic N) is 5. The van der Waals surface area contributed by atoms with E-state index >= 15 is 0 Å². The quantitative estimate of drug-likeness (QED) is 0.153. The van der Waals surface area contributed by atoms with Crippen molar-refractivity contribution in [1.82, 2.24) is 30.2 Å². The number of aromatic nitrogens is 5. The number of alkyl carbamates (subject to hydrolysis) is 1. The van der Waals surface area contributed by atoms with E-state index in [1.165, 1.54) is 12.5 Å². The Kier molecular flexibility index (Phi) is 11.9. The predicted octanol–water partition coefficient (Wildman–Crippen LogP) is 5.88. The summed E-state index contributed by atoms with van der Waals surface area (Å²) >= 11 is 0. The number of nitrogens with one attached hydrogen (secondary N) is 1. The van der Waals surface area contributed by atoms with Gasteiger partial charge in [-0.3, -0.25) is 0 Å². The molecule has 16 nitrogen and oxygen atoms in total. The van der Waals surface area contributed by atoms with Gasteiger partial charge in [0, 0.05) is 19.4 Å². The molecule has 5 heterocycles. The van der Waals surface area contributed by atoms with Gasteiger partial charge in [-0.2, -0.15) is 9.59 Å². The van der Waals surface area contributed by atoms with Crippen LogP contribution in [0.25, 0.3) is 46.3 Å². The van der Waals surface area contributed by atoms with E-state index in [2.05, 4.69) is 30.2 Å². The van der Waals surface area contributed by atoms with Gasteiger partial charge in [-0.25, -0.2) is 34.5 Å². The molecule has 0 fully saturated rings. The van der Waals surface area contributed by atoms with Gasteiger partial charge in [0.2, 0.25) is 23.6 Å². The van der Waals surface area contributed by atoms with Crippen LogP contribution in [0.1, 0.15) is 75.7 Å². The van der Waals surface area contributed by atoms with Crippen LogP contribution in [0.4, 0.5) is 4.79 Å². The summed E-state index contributed by atoms with van der Waals surface area (Å²) in [6, 6.07) is 5.23. The number of esters is 1. The molecule has 0 radical (unpaired) electrons. The van der Waals surface area contributed by atoms with E-state index in [4.69, 9.17) is 36.7 Å². The molecule has 0 saturated carbocycles. The van der Waals surface area contributed by atoms with Crippen molar-refractivity contribution < 1.29 is 46.3 Å². The molecule has 0 unspecified atom stereocenters. The first kappa shape index (κ1) is 36.0. The summed E-state index contributed by atoms with van der Waals surface area (Å²) in [5, 5.41) is 2.73. The highest BCUT2D eigenvalue weighted by atomic mass is 16.6.